The maximum atomic E-state index is 12.6. The maximum Gasteiger partial charge on any atom is 0.313 e. The Hall–Kier alpha value is -1.01. The van der Waals surface area contributed by atoms with Gasteiger partial charge in [0.2, 0.25) is 0 Å². The molecule has 21 heavy (non-hydrogen) atoms. The van der Waals surface area contributed by atoms with Gasteiger partial charge < -0.3 is 9.84 Å². The van der Waals surface area contributed by atoms with Crippen LogP contribution >= 0.6 is 0 Å². The zero-order valence-corrected chi connectivity index (χ0v) is 13.6. The summed E-state index contributed by atoms with van der Waals surface area (Å²) >= 11 is 0. The van der Waals surface area contributed by atoms with Crippen LogP contribution in [0.15, 0.2) is 0 Å². The molecule has 0 aromatic rings. The number of aliphatic hydroxyl groups is 1. The lowest BCUT2D eigenvalue weighted by molar-refractivity contribution is -0.163. The van der Waals surface area contributed by atoms with Gasteiger partial charge in [0.1, 0.15) is 0 Å². The van der Waals surface area contributed by atoms with E-state index >= 15 is 0 Å². The van der Waals surface area contributed by atoms with Crippen molar-refractivity contribution >= 4 is 5.97 Å². The van der Waals surface area contributed by atoms with Gasteiger partial charge in [-0.15, -0.1) is 5.92 Å². The summed E-state index contributed by atoms with van der Waals surface area (Å²) in [6.07, 6.45) is 6.89. The van der Waals surface area contributed by atoms with Crippen molar-refractivity contribution in [2.24, 2.45) is 10.8 Å². The van der Waals surface area contributed by atoms with Gasteiger partial charge in [-0.3, -0.25) is 4.79 Å². The molecule has 0 amide bonds. The number of carbonyl (C=O) groups excluding carboxylic acids is 1. The predicted molar refractivity (Wildman–Crippen MR) is 82.5 cm³/mol. The van der Waals surface area contributed by atoms with E-state index in [4.69, 9.17) is 4.74 Å². The molecule has 0 aromatic carbocycles. The first-order chi connectivity index (χ1) is 9.96. The molecule has 118 valence electrons. The number of esters is 1. The van der Waals surface area contributed by atoms with Crippen LogP contribution < -0.4 is 0 Å². The third-order valence-corrected chi connectivity index (χ3v) is 5.55. The predicted octanol–water partition coefficient (Wildman–Crippen LogP) is 3.44. The second-order valence-corrected chi connectivity index (χ2v) is 6.74. The first-order valence-corrected chi connectivity index (χ1v) is 8.35. The largest absolute Gasteiger partial charge is 0.466 e. The highest BCUT2D eigenvalue weighted by Gasteiger charge is 2.71. The monoisotopic (exact) mass is 292 g/mol. The molecule has 0 aromatic heterocycles. The maximum absolute atomic E-state index is 12.6. The lowest BCUT2D eigenvalue weighted by Crippen LogP contribution is -2.50. The molecule has 1 N–H and O–H groups in total. The second-order valence-electron chi connectivity index (χ2n) is 6.74. The average molecular weight is 292 g/mol. The highest BCUT2D eigenvalue weighted by Crippen LogP contribution is 2.67. The van der Waals surface area contributed by atoms with E-state index in [1.54, 1.807) is 0 Å². The number of rotatable bonds is 4. The Labute approximate surface area is 128 Å². The molecule has 3 heteroatoms. The standard InChI is InChI=1S/C18H28O3/c1-4-6-7-8-11-18-12-9-10-17(18,15(19)21-5-2)14-13-16(18,3)20/h20H,4-7,9-10,12-14H2,1-3H3/t16-,17-,18+/m1/s1. The fraction of sp³-hybridized carbons (Fsp3) is 0.833. The smallest absolute Gasteiger partial charge is 0.313 e. The van der Waals surface area contributed by atoms with Gasteiger partial charge in [0.15, 0.2) is 0 Å². The van der Waals surface area contributed by atoms with Gasteiger partial charge in [0.05, 0.1) is 23.0 Å². The van der Waals surface area contributed by atoms with Gasteiger partial charge in [-0.2, -0.15) is 0 Å². The van der Waals surface area contributed by atoms with Crippen molar-refractivity contribution in [1.29, 1.82) is 0 Å². The summed E-state index contributed by atoms with van der Waals surface area (Å²) in [5.74, 6) is 6.46. The van der Waals surface area contributed by atoms with E-state index in [9.17, 15) is 9.90 Å². The molecular weight excluding hydrogens is 264 g/mol. The molecule has 0 radical (unpaired) electrons. The molecule has 0 spiro atoms. The average Bonchev–Trinajstić information content (AvgIpc) is 2.92. The minimum absolute atomic E-state index is 0.148. The molecule has 0 bridgehead atoms. The van der Waals surface area contributed by atoms with Crippen LogP contribution in [0.5, 0.6) is 0 Å². The van der Waals surface area contributed by atoms with Crippen LogP contribution in [0.1, 0.15) is 72.1 Å². The quantitative estimate of drug-likeness (QED) is 0.490. The van der Waals surface area contributed by atoms with E-state index in [0.717, 1.165) is 38.5 Å². The highest BCUT2D eigenvalue weighted by atomic mass is 16.5. The van der Waals surface area contributed by atoms with Crippen LogP contribution in [0, 0.1) is 22.7 Å². The fourth-order valence-electron chi connectivity index (χ4n) is 4.34. The van der Waals surface area contributed by atoms with Crippen molar-refractivity contribution < 1.29 is 14.6 Å². The lowest BCUT2D eigenvalue weighted by Gasteiger charge is -2.41. The Bertz CT molecular complexity index is 457. The molecular formula is C18H28O3. The van der Waals surface area contributed by atoms with Crippen LogP contribution in [0.3, 0.4) is 0 Å². The number of fused-ring (bicyclic) bond motifs is 1. The van der Waals surface area contributed by atoms with Gasteiger partial charge >= 0.3 is 5.97 Å². The highest BCUT2D eigenvalue weighted by molar-refractivity contribution is 5.80. The summed E-state index contributed by atoms with van der Waals surface area (Å²) in [5.41, 5.74) is -2.10. The van der Waals surface area contributed by atoms with Crippen molar-refractivity contribution in [3.8, 4) is 11.8 Å². The first-order valence-electron chi connectivity index (χ1n) is 8.35. The normalized spacial score (nSPS) is 37.7. The third kappa shape index (κ3) is 2.38. The zero-order valence-electron chi connectivity index (χ0n) is 13.6. The minimum Gasteiger partial charge on any atom is -0.466 e. The van der Waals surface area contributed by atoms with E-state index in [0.29, 0.717) is 19.4 Å². The molecule has 2 aliphatic carbocycles. The minimum atomic E-state index is -0.893. The Morgan fingerprint density at radius 3 is 2.67 bits per heavy atom. The summed E-state index contributed by atoms with van der Waals surface area (Å²) < 4.78 is 5.36. The molecule has 0 aliphatic heterocycles. The summed E-state index contributed by atoms with van der Waals surface area (Å²) in [7, 11) is 0. The van der Waals surface area contributed by atoms with Crippen molar-refractivity contribution in [2.45, 2.75) is 77.7 Å². The third-order valence-electron chi connectivity index (χ3n) is 5.55. The van der Waals surface area contributed by atoms with E-state index in [1.165, 1.54) is 0 Å². The number of ether oxygens (including phenoxy) is 1. The number of hydrogen-bond acceptors (Lipinski definition) is 3. The summed E-state index contributed by atoms with van der Waals surface area (Å²) in [6.45, 7) is 6.23. The fourth-order valence-corrected chi connectivity index (χ4v) is 4.34. The van der Waals surface area contributed by atoms with Crippen LogP contribution in [0.2, 0.25) is 0 Å². The van der Waals surface area contributed by atoms with Crippen LogP contribution in [0.4, 0.5) is 0 Å². The van der Waals surface area contributed by atoms with Gasteiger partial charge in [0.25, 0.3) is 0 Å². The van der Waals surface area contributed by atoms with E-state index < -0.39 is 16.4 Å². The lowest BCUT2D eigenvalue weighted by atomic mass is 9.63. The summed E-state index contributed by atoms with van der Waals surface area (Å²) in [5, 5.41) is 10.9. The van der Waals surface area contributed by atoms with Crippen LogP contribution in [0.25, 0.3) is 0 Å². The van der Waals surface area contributed by atoms with Crippen LogP contribution in [-0.2, 0) is 9.53 Å². The summed E-state index contributed by atoms with van der Waals surface area (Å²) in [4.78, 5) is 12.6. The van der Waals surface area contributed by atoms with Gasteiger partial charge in [0, 0.05) is 6.42 Å². The Morgan fingerprint density at radius 1 is 1.24 bits per heavy atom. The molecule has 0 unspecified atom stereocenters. The number of carbonyl (C=O) groups is 1. The summed E-state index contributed by atoms with van der Waals surface area (Å²) in [6, 6.07) is 0. The topological polar surface area (TPSA) is 46.5 Å². The van der Waals surface area contributed by atoms with Gasteiger partial charge in [-0.25, -0.2) is 0 Å². The van der Waals surface area contributed by atoms with E-state index in [1.807, 2.05) is 13.8 Å². The van der Waals surface area contributed by atoms with Gasteiger partial charge in [-0.1, -0.05) is 25.7 Å². The molecule has 2 aliphatic rings. The van der Waals surface area contributed by atoms with Crippen molar-refractivity contribution in [1.82, 2.24) is 0 Å². The van der Waals surface area contributed by atoms with Gasteiger partial charge in [-0.05, 0) is 46.0 Å². The Kier molecular flexibility index (Phi) is 4.68. The van der Waals surface area contributed by atoms with E-state index in [-0.39, 0.29) is 5.97 Å². The zero-order chi connectivity index (χ0) is 15.6. The molecule has 2 fully saturated rings. The molecule has 3 nitrogen and oxygen atoms in total. The molecule has 0 saturated heterocycles. The number of unbranched alkanes of at least 4 members (excludes halogenated alkanes) is 2. The van der Waals surface area contributed by atoms with E-state index in [2.05, 4.69) is 18.8 Å². The second kappa shape index (κ2) is 6.01. The Morgan fingerprint density at radius 2 is 2.00 bits per heavy atom. The SMILES string of the molecule is CCCCC#C[C@@]12CCC[C@]1(C(=O)OCC)CC[C@@]2(C)O. The number of hydrogen-bond donors (Lipinski definition) is 1. The first kappa shape index (κ1) is 16.4. The molecule has 2 saturated carbocycles. The van der Waals surface area contributed by atoms with Crippen molar-refractivity contribution in [3.05, 3.63) is 0 Å². The molecule has 2 rings (SSSR count). The molecule has 3 atom stereocenters. The van der Waals surface area contributed by atoms with Crippen molar-refractivity contribution in [3.63, 3.8) is 0 Å². The van der Waals surface area contributed by atoms with Crippen LogP contribution in [-0.4, -0.2) is 23.3 Å². The Balaban J connectivity index is 2.38. The molecule has 0 heterocycles. The van der Waals surface area contributed by atoms with Crippen molar-refractivity contribution in [2.75, 3.05) is 6.61 Å².